The third kappa shape index (κ3) is 5.70. The highest BCUT2D eigenvalue weighted by Crippen LogP contribution is 2.37. The second-order valence-electron chi connectivity index (χ2n) is 7.46. The number of carbonyl (C=O) groups excluding carboxylic acids is 2. The normalized spacial score (nSPS) is 15.0. The van der Waals surface area contributed by atoms with Crippen LogP contribution in [-0.4, -0.2) is 31.1 Å². The van der Waals surface area contributed by atoms with E-state index < -0.39 is 21.3 Å². The van der Waals surface area contributed by atoms with Crippen molar-refractivity contribution in [2.75, 3.05) is 6.61 Å². The van der Waals surface area contributed by atoms with Crippen LogP contribution in [0.25, 0.3) is 6.08 Å². The van der Waals surface area contributed by atoms with E-state index in [9.17, 15) is 18.0 Å². The maximum absolute atomic E-state index is 13.0. The van der Waals surface area contributed by atoms with Crippen molar-refractivity contribution >= 4 is 62.3 Å². The number of rotatable bonds is 8. The summed E-state index contributed by atoms with van der Waals surface area (Å²) < 4.78 is 36.2. The molecule has 0 bridgehead atoms. The Labute approximate surface area is 222 Å². The number of carbonyl (C=O) groups is 2. The lowest BCUT2D eigenvalue weighted by molar-refractivity contribution is -0.123. The van der Waals surface area contributed by atoms with Crippen LogP contribution in [-0.2, 0) is 21.5 Å². The lowest BCUT2D eigenvalue weighted by atomic mass is 10.1. The minimum absolute atomic E-state index is 0.000631. The maximum atomic E-state index is 13.0. The predicted molar refractivity (Wildman–Crippen MR) is 140 cm³/mol. The highest BCUT2D eigenvalue weighted by Gasteiger charge is 2.35. The molecule has 0 aliphatic carbocycles. The number of halogens is 2. The fraction of sp³-hybridized carbons (Fsp3) is 0.120. The second kappa shape index (κ2) is 11.0. The molecule has 1 aliphatic heterocycles. The Balaban J connectivity index is 1.59. The molecule has 186 valence electrons. The number of hydrogen-bond donors (Lipinski definition) is 0. The summed E-state index contributed by atoms with van der Waals surface area (Å²) in [5, 5.41) is 0.252. The highest BCUT2D eigenvalue weighted by atomic mass is 35.5. The summed E-state index contributed by atoms with van der Waals surface area (Å²) in [4.78, 5) is 26.8. The van der Waals surface area contributed by atoms with E-state index in [4.69, 9.17) is 32.1 Å². The van der Waals surface area contributed by atoms with E-state index in [1.807, 2.05) is 0 Å². The van der Waals surface area contributed by atoms with Crippen LogP contribution in [0.15, 0.2) is 76.5 Å². The number of thioether (sulfide) groups is 1. The standard InChI is InChI=1S/C25H19Cl2NO6S2/c1-2-33-22-13-16(11-12-21(22)34-36(31,32)17-7-4-3-5-8-17)14-23-24(29)28(25(30)35-23)15-18-19(26)9-6-10-20(18)27/h3-14H,2,15H2,1H3/b23-14-. The first-order valence-corrected chi connectivity index (χ1v) is 13.6. The number of ether oxygens (including phenoxy) is 1. The van der Waals surface area contributed by atoms with Crippen LogP contribution in [0.2, 0.25) is 10.0 Å². The summed E-state index contributed by atoms with van der Waals surface area (Å²) >= 11 is 13.2. The third-order valence-electron chi connectivity index (χ3n) is 5.05. The lowest BCUT2D eigenvalue weighted by Gasteiger charge is -2.14. The van der Waals surface area contributed by atoms with Crippen molar-refractivity contribution in [2.45, 2.75) is 18.4 Å². The van der Waals surface area contributed by atoms with Gasteiger partial charge in [-0.1, -0.05) is 53.5 Å². The monoisotopic (exact) mass is 563 g/mol. The van der Waals surface area contributed by atoms with Crippen LogP contribution in [0, 0.1) is 0 Å². The largest absolute Gasteiger partial charge is 0.490 e. The number of amides is 2. The molecule has 0 spiro atoms. The van der Waals surface area contributed by atoms with E-state index in [1.54, 1.807) is 49.4 Å². The zero-order valence-corrected chi connectivity index (χ0v) is 22.0. The molecular weight excluding hydrogens is 545 g/mol. The lowest BCUT2D eigenvalue weighted by Crippen LogP contribution is -2.27. The average molecular weight is 564 g/mol. The van der Waals surface area contributed by atoms with Crippen LogP contribution >= 0.6 is 35.0 Å². The Bertz CT molecular complexity index is 1440. The van der Waals surface area contributed by atoms with E-state index in [1.165, 1.54) is 30.3 Å². The Morgan fingerprint density at radius 3 is 2.31 bits per heavy atom. The van der Waals surface area contributed by atoms with Crippen molar-refractivity contribution in [3.05, 3.63) is 92.8 Å². The van der Waals surface area contributed by atoms with E-state index in [0.29, 0.717) is 21.2 Å². The summed E-state index contributed by atoms with van der Waals surface area (Å²) in [6.07, 6.45) is 1.52. The summed E-state index contributed by atoms with van der Waals surface area (Å²) in [6, 6.07) is 17.2. The van der Waals surface area contributed by atoms with Crippen LogP contribution in [0.3, 0.4) is 0 Å². The van der Waals surface area contributed by atoms with Gasteiger partial charge in [-0.05, 0) is 66.7 Å². The molecule has 1 heterocycles. The first kappa shape index (κ1) is 26.1. The molecule has 11 heteroatoms. The smallest absolute Gasteiger partial charge is 0.339 e. The Morgan fingerprint density at radius 2 is 1.64 bits per heavy atom. The molecule has 36 heavy (non-hydrogen) atoms. The van der Waals surface area contributed by atoms with Gasteiger partial charge in [0.25, 0.3) is 11.1 Å². The van der Waals surface area contributed by atoms with E-state index in [2.05, 4.69) is 0 Å². The Morgan fingerprint density at radius 1 is 0.944 bits per heavy atom. The number of nitrogens with zero attached hydrogens (tertiary/aromatic N) is 1. The van der Waals surface area contributed by atoms with Crippen LogP contribution in [0.1, 0.15) is 18.1 Å². The van der Waals surface area contributed by atoms with Gasteiger partial charge in [-0.2, -0.15) is 8.42 Å². The molecule has 1 aliphatic rings. The molecule has 0 unspecified atom stereocenters. The van der Waals surface area contributed by atoms with Gasteiger partial charge in [0.1, 0.15) is 4.90 Å². The zero-order chi connectivity index (χ0) is 25.9. The molecule has 7 nitrogen and oxygen atoms in total. The van der Waals surface area contributed by atoms with Crippen molar-refractivity contribution < 1.29 is 26.9 Å². The third-order valence-corrected chi connectivity index (χ3v) is 7.91. The van der Waals surface area contributed by atoms with Crippen LogP contribution in [0.5, 0.6) is 11.5 Å². The molecule has 0 atom stereocenters. The fourth-order valence-electron chi connectivity index (χ4n) is 3.33. The number of hydrogen-bond acceptors (Lipinski definition) is 7. The molecule has 0 aromatic heterocycles. The van der Waals surface area contributed by atoms with Gasteiger partial charge in [-0.15, -0.1) is 0 Å². The van der Waals surface area contributed by atoms with Gasteiger partial charge in [-0.25, -0.2) is 0 Å². The van der Waals surface area contributed by atoms with Gasteiger partial charge in [0.05, 0.1) is 18.1 Å². The van der Waals surface area contributed by atoms with Crippen LogP contribution < -0.4 is 8.92 Å². The zero-order valence-electron chi connectivity index (χ0n) is 18.8. The first-order valence-electron chi connectivity index (χ1n) is 10.6. The minimum Gasteiger partial charge on any atom is -0.490 e. The molecule has 1 fully saturated rings. The van der Waals surface area contributed by atoms with Crippen molar-refractivity contribution in [1.29, 1.82) is 0 Å². The molecular formula is C25H19Cl2NO6S2. The topological polar surface area (TPSA) is 90.0 Å². The first-order chi connectivity index (χ1) is 17.2. The average Bonchev–Trinajstić information content (AvgIpc) is 3.10. The van der Waals surface area contributed by atoms with Crippen molar-refractivity contribution in [3.8, 4) is 11.5 Å². The van der Waals surface area contributed by atoms with Crippen molar-refractivity contribution in [1.82, 2.24) is 4.90 Å². The van der Waals surface area contributed by atoms with Gasteiger partial charge >= 0.3 is 10.1 Å². The Kier molecular flexibility index (Phi) is 7.94. The van der Waals surface area contributed by atoms with E-state index in [-0.39, 0.29) is 34.5 Å². The molecule has 1 saturated heterocycles. The summed E-state index contributed by atoms with van der Waals surface area (Å²) in [7, 11) is -4.08. The van der Waals surface area contributed by atoms with Gasteiger partial charge in [-0.3, -0.25) is 14.5 Å². The van der Waals surface area contributed by atoms with Crippen molar-refractivity contribution in [3.63, 3.8) is 0 Å². The van der Waals surface area contributed by atoms with Crippen LogP contribution in [0.4, 0.5) is 4.79 Å². The quantitative estimate of drug-likeness (QED) is 0.231. The van der Waals surface area contributed by atoms with Gasteiger partial charge in [0, 0.05) is 15.6 Å². The molecule has 3 aromatic carbocycles. The molecule has 3 aromatic rings. The predicted octanol–water partition coefficient (Wildman–Crippen LogP) is 6.40. The van der Waals surface area contributed by atoms with Gasteiger partial charge in [0.2, 0.25) is 0 Å². The molecule has 0 radical (unpaired) electrons. The van der Waals surface area contributed by atoms with Gasteiger partial charge < -0.3 is 8.92 Å². The maximum Gasteiger partial charge on any atom is 0.339 e. The fourth-order valence-corrected chi connectivity index (χ4v) is 5.65. The summed E-state index contributed by atoms with van der Waals surface area (Å²) in [5.41, 5.74) is 0.994. The summed E-state index contributed by atoms with van der Waals surface area (Å²) in [6.45, 7) is 1.93. The second-order valence-corrected chi connectivity index (χ2v) is 10.8. The molecule has 2 amide bonds. The Hall–Kier alpha value is -2.98. The highest BCUT2D eigenvalue weighted by molar-refractivity contribution is 8.18. The minimum atomic E-state index is -4.08. The SMILES string of the molecule is CCOc1cc(/C=C2\SC(=O)N(Cc3c(Cl)cccc3Cl)C2=O)ccc1OS(=O)(=O)c1ccccc1. The number of benzene rings is 3. The molecule has 4 rings (SSSR count). The summed E-state index contributed by atoms with van der Waals surface area (Å²) in [5.74, 6) is -0.321. The van der Waals surface area contributed by atoms with Crippen molar-refractivity contribution in [2.24, 2.45) is 0 Å². The molecule has 0 saturated carbocycles. The molecule has 0 N–H and O–H groups in total. The van der Waals surface area contributed by atoms with E-state index >= 15 is 0 Å². The van der Waals surface area contributed by atoms with E-state index in [0.717, 1.165) is 16.7 Å². The van der Waals surface area contributed by atoms with Gasteiger partial charge in [0.15, 0.2) is 11.5 Å². The number of imide groups is 1.